The van der Waals surface area contributed by atoms with Gasteiger partial charge in [-0.05, 0) is 33.6 Å². The minimum Gasteiger partial charge on any atom is -0.481 e. The van der Waals surface area contributed by atoms with Gasteiger partial charge in [-0.25, -0.2) is 0 Å². The Bertz CT molecular complexity index is 297. The van der Waals surface area contributed by atoms with Crippen LogP contribution in [0.2, 0.25) is 0 Å². The molecule has 0 bridgehead atoms. The molecule has 5 heteroatoms. The normalized spacial score (nSPS) is 21.4. The summed E-state index contributed by atoms with van der Waals surface area (Å²) in [5, 5.41) is 12.1. The summed E-state index contributed by atoms with van der Waals surface area (Å²) < 4.78 is 0. The SMILES string of the molecule is CC(C)(C)NCC(=O)N1CCC[C@@H](C(=O)O)C1. The van der Waals surface area contributed by atoms with Crippen LogP contribution in [0, 0.1) is 5.92 Å². The highest BCUT2D eigenvalue weighted by Crippen LogP contribution is 2.16. The van der Waals surface area contributed by atoms with Crippen LogP contribution in [0.3, 0.4) is 0 Å². The third kappa shape index (κ3) is 4.73. The number of hydrogen-bond acceptors (Lipinski definition) is 3. The summed E-state index contributed by atoms with van der Waals surface area (Å²) in [5.74, 6) is -1.21. The Kier molecular flexibility index (Phi) is 4.51. The standard InChI is InChI=1S/C12H22N2O3/c1-12(2,3)13-7-10(15)14-6-4-5-9(8-14)11(16)17/h9,13H,4-8H2,1-3H3,(H,16,17)/t9-/m1/s1. The van der Waals surface area contributed by atoms with Crippen molar-refractivity contribution in [2.75, 3.05) is 19.6 Å². The van der Waals surface area contributed by atoms with Gasteiger partial charge in [0.05, 0.1) is 12.5 Å². The van der Waals surface area contributed by atoms with Crippen molar-refractivity contribution in [1.29, 1.82) is 0 Å². The molecule has 1 aliphatic heterocycles. The van der Waals surface area contributed by atoms with E-state index in [0.29, 0.717) is 19.5 Å². The molecule has 0 unspecified atom stereocenters. The molecule has 0 aliphatic carbocycles. The van der Waals surface area contributed by atoms with Crippen molar-refractivity contribution in [2.45, 2.75) is 39.2 Å². The molecule has 0 aromatic rings. The molecule has 0 aromatic carbocycles. The van der Waals surface area contributed by atoms with E-state index in [1.807, 2.05) is 20.8 Å². The lowest BCUT2D eigenvalue weighted by molar-refractivity contribution is -0.145. The van der Waals surface area contributed by atoms with E-state index in [4.69, 9.17) is 5.11 Å². The van der Waals surface area contributed by atoms with Crippen molar-refractivity contribution in [3.05, 3.63) is 0 Å². The molecule has 17 heavy (non-hydrogen) atoms. The second-order valence-electron chi connectivity index (χ2n) is 5.62. The predicted octanol–water partition coefficient (Wildman–Crippen LogP) is 0.698. The molecule has 5 nitrogen and oxygen atoms in total. The molecule has 1 heterocycles. The molecule has 0 spiro atoms. The van der Waals surface area contributed by atoms with Gasteiger partial charge in [-0.1, -0.05) is 0 Å². The van der Waals surface area contributed by atoms with E-state index in [-0.39, 0.29) is 18.0 Å². The molecule has 0 saturated carbocycles. The maximum Gasteiger partial charge on any atom is 0.308 e. The summed E-state index contributed by atoms with van der Waals surface area (Å²) in [5.41, 5.74) is -0.0996. The number of carbonyl (C=O) groups excluding carboxylic acids is 1. The number of carboxylic acid groups (broad SMARTS) is 1. The summed E-state index contributed by atoms with van der Waals surface area (Å²) in [7, 11) is 0. The van der Waals surface area contributed by atoms with Crippen molar-refractivity contribution in [1.82, 2.24) is 10.2 Å². The molecule has 98 valence electrons. The van der Waals surface area contributed by atoms with Gasteiger partial charge in [-0.3, -0.25) is 9.59 Å². The summed E-state index contributed by atoms with van der Waals surface area (Å²) in [6.07, 6.45) is 1.45. The Morgan fingerprint density at radius 1 is 1.41 bits per heavy atom. The lowest BCUT2D eigenvalue weighted by Crippen LogP contribution is -2.48. The van der Waals surface area contributed by atoms with Crippen LogP contribution in [0.25, 0.3) is 0 Å². The van der Waals surface area contributed by atoms with Crippen molar-refractivity contribution < 1.29 is 14.7 Å². The van der Waals surface area contributed by atoms with Gasteiger partial charge >= 0.3 is 5.97 Å². The fourth-order valence-corrected chi connectivity index (χ4v) is 1.86. The zero-order valence-electron chi connectivity index (χ0n) is 10.8. The Morgan fingerprint density at radius 2 is 2.06 bits per heavy atom. The van der Waals surface area contributed by atoms with E-state index in [0.717, 1.165) is 6.42 Å². The third-order valence-corrected chi connectivity index (χ3v) is 2.89. The van der Waals surface area contributed by atoms with Gasteiger partial charge in [-0.15, -0.1) is 0 Å². The Morgan fingerprint density at radius 3 is 2.59 bits per heavy atom. The van der Waals surface area contributed by atoms with Gasteiger partial charge in [0.1, 0.15) is 0 Å². The van der Waals surface area contributed by atoms with Crippen LogP contribution < -0.4 is 5.32 Å². The molecule has 1 aliphatic rings. The number of nitrogens with zero attached hydrogens (tertiary/aromatic N) is 1. The second-order valence-corrected chi connectivity index (χ2v) is 5.62. The molecule has 1 atom stereocenters. The molecule has 1 saturated heterocycles. The minimum atomic E-state index is -0.800. The molecule has 1 fully saturated rings. The van der Waals surface area contributed by atoms with Crippen LogP contribution in [0.1, 0.15) is 33.6 Å². The Balaban J connectivity index is 2.44. The number of nitrogens with one attached hydrogen (secondary N) is 1. The van der Waals surface area contributed by atoms with Gasteiger partial charge in [-0.2, -0.15) is 0 Å². The number of piperidine rings is 1. The van der Waals surface area contributed by atoms with E-state index < -0.39 is 11.9 Å². The first-order chi connectivity index (χ1) is 7.79. The van der Waals surface area contributed by atoms with Crippen molar-refractivity contribution in [3.63, 3.8) is 0 Å². The lowest BCUT2D eigenvalue weighted by atomic mass is 9.98. The smallest absolute Gasteiger partial charge is 0.308 e. The molecule has 0 radical (unpaired) electrons. The number of amides is 1. The summed E-state index contributed by atoms with van der Waals surface area (Å²) in [6.45, 7) is 7.29. The van der Waals surface area contributed by atoms with Crippen LogP contribution in [-0.4, -0.2) is 47.1 Å². The molecule has 1 rings (SSSR count). The molecule has 2 N–H and O–H groups in total. The molecule has 0 aromatic heterocycles. The van der Waals surface area contributed by atoms with Gasteiger partial charge in [0.15, 0.2) is 0 Å². The Labute approximate surface area is 102 Å². The molecular weight excluding hydrogens is 220 g/mol. The topological polar surface area (TPSA) is 69.6 Å². The highest BCUT2D eigenvalue weighted by atomic mass is 16.4. The van der Waals surface area contributed by atoms with Crippen LogP contribution in [0.4, 0.5) is 0 Å². The highest BCUT2D eigenvalue weighted by Gasteiger charge is 2.28. The summed E-state index contributed by atoms with van der Waals surface area (Å²) in [6, 6.07) is 0. The van der Waals surface area contributed by atoms with Crippen LogP contribution in [0.5, 0.6) is 0 Å². The first-order valence-electron chi connectivity index (χ1n) is 6.05. The van der Waals surface area contributed by atoms with Gasteiger partial charge < -0.3 is 15.3 Å². The molecular formula is C12H22N2O3. The van der Waals surface area contributed by atoms with E-state index in [1.165, 1.54) is 0 Å². The second kappa shape index (κ2) is 5.49. The first kappa shape index (κ1) is 14.0. The average Bonchev–Trinajstić information content (AvgIpc) is 2.25. The van der Waals surface area contributed by atoms with E-state index >= 15 is 0 Å². The number of likely N-dealkylation sites (tertiary alicyclic amines) is 1. The summed E-state index contributed by atoms with van der Waals surface area (Å²) >= 11 is 0. The number of rotatable bonds is 3. The first-order valence-corrected chi connectivity index (χ1v) is 6.05. The average molecular weight is 242 g/mol. The Hall–Kier alpha value is -1.10. The van der Waals surface area contributed by atoms with Crippen LogP contribution in [-0.2, 0) is 9.59 Å². The number of hydrogen-bond donors (Lipinski definition) is 2. The third-order valence-electron chi connectivity index (χ3n) is 2.89. The maximum absolute atomic E-state index is 11.9. The molecule has 1 amide bonds. The monoisotopic (exact) mass is 242 g/mol. The van der Waals surface area contributed by atoms with Gasteiger partial charge in [0.2, 0.25) is 5.91 Å². The summed E-state index contributed by atoms with van der Waals surface area (Å²) in [4.78, 5) is 24.4. The van der Waals surface area contributed by atoms with Gasteiger partial charge in [0.25, 0.3) is 0 Å². The van der Waals surface area contributed by atoms with Crippen LogP contribution >= 0.6 is 0 Å². The quantitative estimate of drug-likeness (QED) is 0.764. The number of aliphatic carboxylic acids is 1. The lowest BCUT2D eigenvalue weighted by Gasteiger charge is -2.32. The minimum absolute atomic E-state index is 0.00845. The number of carboxylic acids is 1. The van der Waals surface area contributed by atoms with Crippen LogP contribution in [0.15, 0.2) is 0 Å². The van der Waals surface area contributed by atoms with Crippen molar-refractivity contribution in [2.24, 2.45) is 5.92 Å². The van der Waals surface area contributed by atoms with Gasteiger partial charge in [0, 0.05) is 18.6 Å². The number of carbonyl (C=O) groups is 2. The zero-order chi connectivity index (χ0) is 13.1. The fourth-order valence-electron chi connectivity index (χ4n) is 1.86. The maximum atomic E-state index is 11.9. The zero-order valence-corrected chi connectivity index (χ0v) is 10.8. The van der Waals surface area contributed by atoms with E-state index in [9.17, 15) is 9.59 Å². The van der Waals surface area contributed by atoms with Crippen molar-refractivity contribution >= 4 is 11.9 Å². The fraction of sp³-hybridized carbons (Fsp3) is 0.833. The van der Waals surface area contributed by atoms with E-state index in [1.54, 1.807) is 4.90 Å². The van der Waals surface area contributed by atoms with Crippen molar-refractivity contribution in [3.8, 4) is 0 Å². The highest BCUT2D eigenvalue weighted by molar-refractivity contribution is 5.79. The van der Waals surface area contributed by atoms with E-state index in [2.05, 4.69) is 5.32 Å². The largest absolute Gasteiger partial charge is 0.481 e. The predicted molar refractivity (Wildman–Crippen MR) is 64.7 cm³/mol.